The molecule has 0 fully saturated rings. The van der Waals surface area contributed by atoms with Crippen molar-refractivity contribution in [2.45, 2.75) is 39.4 Å². The molecule has 0 heterocycles. The van der Waals surface area contributed by atoms with E-state index < -0.39 is 12.1 Å². The molecule has 3 rings (SSSR count). The zero-order valence-corrected chi connectivity index (χ0v) is 18.0. The Morgan fingerprint density at radius 2 is 1.66 bits per heavy atom. The number of aromatic hydroxyl groups is 1. The molecule has 6 nitrogen and oxygen atoms in total. The predicted molar refractivity (Wildman–Crippen MR) is 120 cm³/mol. The Balaban J connectivity index is 1.77. The van der Waals surface area contributed by atoms with Crippen molar-refractivity contribution >= 4 is 11.8 Å². The van der Waals surface area contributed by atoms with Crippen molar-refractivity contribution in [2.75, 3.05) is 0 Å². The topological polar surface area (TPSA) is 104 Å². The zero-order valence-electron chi connectivity index (χ0n) is 18.0. The van der Waals surface area contributed by atoms with Crippen LogP contribution in [0.15, 0.2) is 60.7 Å². The molecule has 3 aromatic carbocycles. The molecule has 0 aliphatic rings. The first-order valence-corrected chi connectivity index (χ1v) is 10.4. The third kappa shape index (κ3) is 4.98. The minimum absolute atomic E-state index is 0.0348. The lowest BCUT2D eigenvalue weighted by molar-refractivity contribution is 0.0691. The number of rotatable bonds is 9. The van der Waals surface area contributed by atoms with Crippen molar-refractivity contribution in [1.82, 2.24) is 0 Å². The zero-order chi connectivity index (χ0) is 23.3. The van der Waals surface area contributed by atoms with Gasteiger partial charge < -0.3 is 20.1 Å². The highest BCUT2D eigenvalue weighted by molar-refractivity contribution is 5.97. The smallest absolute Gasteiger partial charge is 0.336 e. The standard InChI is InChI=1S/C26H26O6/c1-3-6-22-23(14-13-19(16(2)27)25(22)29)32-15-17-9-11-18(12-10-17)24(28)20-7-4-5-8-21(20)26(30)31/h4-5,7-14,24,28-29H,3,6,15H2,1-2H3,(H,30,31). The fourth-order valence-corrected chi connectivity index (χ4v) is 3.60. The second-order valence-corrected chi connectivity index (χ2v) is 7.57. The van der Waals surface area contributed by atoms with Crippen molar-refractivity contribution in [1.29, 1.82) is 0 Å². The van der Waals surface area contributed by atoms with Gasteiger partial charge in [-0.3, -0.25) is 4.79 Å². The Kier molecular flexibility index (Phi) is 7.28. The van der Waals surface area contributed by atoms with Crippen molar-refractivity contribution in [3.8, 4) is 11.5 Å². The number of carbonyl (C=O) groups excluding carboxylic acids is 1. The van der Waals surface area contributed by atoms with Crippen molar-refractivity contribution < 1.29 is 29.6 Å². The first kappa shape index (κ1) is 23.0. The summed E-state index contributed by atoms with van der Waals surface area (Å²) in [6, 6.07) is 16.7. The summed E-state index contributed by atoms with van der Waals surface area (Å²) >= 11 is 0. The number of phenols is 1. The average molecular weight is 434 g/mol. The molecule has 3 N–H and O–H groups in total. The van der Waals surface area contributed by atoms with Gasteiger partial charge in [0.15, 0.2) is 5.78 Å². The van der Waals surface area contributed by atoms with Crippen LogP contribution in [0.1, 0.15) is 69.3 Å². The van der Waals surface area contributed by atoms with Crippen LogP contribution >= 0.6 is 0 Å². The summed E-state index contributed by atoms with van der Waals surface area (Å²) in [6.07, 6.45) is 0.302. The second-order valence-electron chi connectivity index (χ2n) is 7.57. The fraction of sp³-hybridized carbons (Fsp3) is 0.231. The van der Waals surface area contributed by atoms with Crippen LogP contribution in [0.5, 0.6) is 11.5 Å². The number of carboxylic acids is 1. The Morgan fingerprint density at radius 1 is 0.969 bits per heavy atom. The van der Waals surface area contributed by atoms with Crippen LogP contribution in [-0.4, -0.2) is 27.1 Å². The maximum Gasteiger partial charge on any atom is 0.336 e. The summed E-state index contributed by atoms with van der Waals surface area (Å²) in [4.78, 5) is 23.1. The van der Waals surface area contributed by atoms with E-state index in [0.29, 0.717) is 28.9 Å². The highest BCUT2D eigenvalue weighted by Crippen LogP contribution is 2.33. The van der Waals surface area contributed by atoms with Crippen molar-refractivity contribution in [2.24, 2.45) is 0 Å². The lowest BCUT2D eigenvalue weighted by Crippen LogP contribution is -2.08. The molecule has 0 aliphatic heterocycles. The molecule has 0 spiro atoms. The summed E-state index contributed by atoms with van der Waals surface area (Å²) < 4.78 is 5.92. The third-order valence-electron chi connectivity index (χ3n) is 5.29. The lowest BCUT2D eigenvalue weighted by Gasteiger charge is -2.16. The van der Waals surface area contributed by atoms with Gasteiger partial charge in [0, 0.05) is 5.56 Å². The molecular formula is C26H26O6. The molecule has 1 unspecified atom stereocenters. The second kappa shape index (κ2) is 10.1. The number of aliphatic hydroxyl groups excluding tert-OH is 1. The van der Waals surface area contributed by atoms with Crippen LogP contribution in [0.25, 0.3) is 0 Å². The van der Waals surface area contributed by atoms with E-state index in [-0.39, 0.29) is 29.3 Å². The molecular weight excluding hydrogens is 408 g/mol. The fourth-order valence-electron chi connectivity index (χ4n) is 3.60. The monoisotopic (exact) mass is 434 g/mol. The number of Topliss-reactive ketones (excluding diaryl/α,β-unsaturated/α-hetero) is 1. The van der Waals surface area contributed by atoms with Gasteiger partial charge in [0.2, 0.25) is 0 Å². The number of aliphatic hydroxyl groups is 1. The highest BCUT2D eigenvalue weighted by Gasteiger charge is 2.19. The molecule has 0 aliphatic carbocycles. The van der Waals surface area contributed by atoms with Crippen LogP contribution in [0.2, 0.25) is 0 Å². The van der Waals surface area contributed by atoms with E-state index in [9.17, 15) is 24.9 Å². The summed E-state index contributed by atoms with van der Waals surface area (Å²) in [5.41, 5.74) is 2.68. The van der Waals surface area contributed by atoms with Crippen LogP contribution in [0.3, 0.4) is 0 Å². The predicted octanol–water partition coefficient (Wildman–Crippen LogP) is 4.91. The van der Waals surface area contributed by atoms with E-state index in [0.717, 1.165) is 12.0 Å². The van der Waals surface area contributed by atoms with E-state index in [1.54, 1.807) is 54.6 Å². The van der Waals surface area contributed by atoms with Gasteiger partial charge in [-0.15, -0.1) is 0 Å². The molecule has 6 heteroatoms. The van der Waals surface area contributed by atoms with Gasteiger partial charge in [-0.1, -0.05) is 55.8 Å². The Morgan fingerprint density at radius 3 is 2.28 bits per heavy atom. The van der Waals surface area contributed by atoms with Gasteiger partial charge in [0.05, 0.1) is 11.1 Å². The Labute approximate surface area is 186 Å². The van der Waals surface area contributed by atoms with E-state index in [1.807, 2.05) is 6.92 Å². The average Bonchev–Trinajstić information content (AvgIpc) is 2.79. The summed E-state index contributed by atoms with van der Waals surface area (Å²) in [7, 11) is 0. The minimum Gasteiger partial charge on any atom is -0.507 e. The molecule has 0 saturated carbocycles. The maximum atomic E-state index is 11.7. The lowest BCUT2D eigenvalue weighted by atomic mass is 9.96. The number of aromatic carboxylic acids is 1. The van der Waals surface area contributed by atoms with Crippen molar-refractivity contribution in [3.05, 3.63) is 94.0 Å². The third-order valence-corrected chi connectivity index (χ3v) is 5.29. The van der Waals surface area contributed by atoms with Gasteiger partial charge in [0.1, 0.15) is 24.2 Å². The SMILES string of the molecule is CCCc1c(OCc2ccc(C(O)c3ccccc3C(=O)O)cc2)ccc(C(C)=O)c1O. The number of hydrogen-bond donors (Lipinski definition) is 3. The van der Waals surface area contributed by atoms with Crippen LogP contribution in [0.4, 0.5) is 0 Å². The quantitative estimate of drug-likeness (QED) is 0.414. The maximum absolute atomic E-state index is 11.7. The van der Waals surface area contributed by atoms with E-state index in [1.165, 1.54) is 13.0 Å². The Bertz CT molecular complexity index is 1120. The van der Waals surface area contributed by atoms with Gasteiger partial charge >= 0.3 is 5.97 Å². The van der Waals surface area contributed by atoms with Crippen LogP contribution in [0, 0.1) is 0 Å². The molecule has 1 atom stereocenters. The van der Waals surface area contributed by atoms with Gasteiger partial charge in [0.25, 0.3) is 0 Å². The molecule has 32 heavy (non-hydrogen) atoms. The molecule has 0 saturated heterocycles. The van der Waals surface area contributed by atoms with Gasteiger partial charge in [-0.05, 0) is 48.2 Å². The first-order chi connectivity index (χ1) is 15.3. The number of ether oxygens (including phenoxy) is 1. The van der Waals surface area contributed by atoms with E-state index in [4.69, 9.17) is 4.74 Å². The molecule has 0 radical (unpaired) electrons. The first-order valence-electron chi connectivity index (χ1n) is 10.4. The van der Waals surface area contributed by atoms with E-state index in [2.05, 4.69) is 0 Å². The molecule has 0 aromatic heterocycles. The number of benzene rings is 3. The summed E-state index contributed by atoms with van der Waals surface area (Å²) in [6.45, 7) is 3.63. The van der Waals surface area contributed by atoms with E-state index >= 15 is 0 Å². The number of carbonyl (C=O) groups is 2. The number of hydrogen-bond acceptors (Lipinski definition) is 5. The summed E-state index contributed by atoms with van der Waals surface area (Å²) in [5, 5.41) is 30.5. The molecule has 0 bridgehead atoms. The van der Waals surface area contributed by atoms with Gasteiger partial charge in [-0.25, -0.2) is 4.79 Å². The van der Waals surface area contributed by atoms with Crippen molar-refractivity contribution in [3.63, 3.8) is 0 Å². The van der Waals surface area contributed by atoms with Gasteiger partial charge in [-0.2, -0.15) is 0 Å². The molecule has 0 amide bonds. The summed E-state index contributed by atoms with van der Waals surface area (Å²) in [5.74, 6) is -0.808. The minimum atomic E-state index is -1.09. The largest absolute Gasteiger partial charge is 0.507 e. The molecule has 166 valence electrons. The number of ketones is 1. The Hall–Kier alpha value is -3.64. The molecule has 3 aromatic rings. The normalized spacial score (nSPS) is 11.7. The number of phenolic OH excluding ortho intramolecular Hbond substituents is 1. The number of carboxylic acid groups (broad SMARTS) is 1. The van der Waals surface area contributed by atoms with Crippen LogP contribution < -0.4 is 4.74 Å². The highest BCUT2D eigenvalue weighted by atomic mass is 16.5. The van der Waals surface area contributed by atoms with Crippen LogP contribution in [-0.2, 0) is 13.0 Å².